The second kappa shape index (κ2) is 12.6. The van der Waals surface area contributed by atoms with Gasteiger partial charge in [-0.15, -0.1) is 0 Å². The number of benzene rings is 9. The maximum absolute atomic E-state index is 2.43. The van der Waals surface area contributed by atoms with Gasteiger partial charge in [-0.3, -0.25) is 0 Å². The lowest BCUT2D eigenvalue weighted by molar-refractivity contribution is 0.983. The summed E-state index contributed by atoms with van der Waals surface area (Å²) >= 11 is 0. The van der Waals surface area contributed by atoms with Gasteiger partial charge in [-0.05, 0) is 90.8 Å². The lowest BCUT2D eigenvalue weighted by atomic mass is 9.80. The smallest absolute Gasteiger partial charge is 0.0547 e. The predicted octanol–water partition coefficient (Wildman–Crippen LogP) is 13.6. The van der Waals surface area contributed by atoms with Crippen molar-refractivity contribution in [3.8, 4) is 27.9 Å². The van der Waals surface area contributed by atoms with Crippen molar-refractivity contribution in [2.75, 3.05) is 0 Å². The summed E-state index contributed by atoms with van der Waals surface area (Å²) in [6, 6.07) is 75.6. The summed E-state index contributed by atoms with van der Waals surface area (Å²) < 4.78 is 2.43. The average Bonchev–Trinajstić information content (AvgIpc) is 3.54. The van der Waals surface area contributed by atoms with Gasteiger partial charge in [-0.25, -0.2) is 0 Å². The van der Waals surface area contributed by atoms with Crippen LogP contribution in [0.2, 0.25) is 0 Å². The van der Waals surface area contributed by atoms with Crippen molar-refractivity contribution >= 4 is 43.4 Å². The lowest BCUT2D eigenvalue weighted by Gasteiger charge is -2.23. The van der Waals surface area contributed by atoms with Gasteiger partial charge in [0.25, 0.3) is 0 Å². The van der Waals surface area contributed by atoms with Gasteiger partial charge >= 0.3 is 0 Å². The largest absolute Gasteiger partial charge is 0.309 e. The third kappa shape index (κ3) is 5.10. The molecule has 0 aliphatic rings. The summed E-state index contributed by atoms with van der Waals surface area (Å²) in [6.07, 6.45) is 0. The third-order valence-electron chi connectivity index (χ3n) is 10.7. The highest BCUT2D eigenvalue weighted by Gasteiger charge is 2.23. The maximum atomic E-state index is 2.43. The first-order valence-electron chi connectivity index (χ1n) is 18.0. The van der Waals surface area contributed by atoms with Crippen molar-refractivity contribution in [1.29, 1.82) is 0 Å². The number of fused-ring (bicyclic) bond motifs is 5. The molecule has 0 aliphatic carbocycles. The second-order valence-corrected chi connectivity index (χ2v) is 13.7. The van der Waals surface area contributed by atoms with Crippen molar-refractivity contribution < 1.29 is 0 Å². The highest BCUT2D eigenvalue weighted by atomic mass is 15.0. The van der Waals surface area contributed by atoms with Crippen LogP contribution >= 0.6 is 0 Å². The molecule has 0 amide bonds. The Hall–Kier alpha value is -6.70. The van der Waals surface area contributed by atoms with E-state index in [4.69, 9.17) is 0 Å². The van der Waals surface area contributed by atoms with E-state index in [2.05, 4.69) is 211 Å². The molecule has 0 aliphatic heterocycles. The average molecular weight is 662 g/mol. The van der Waals surface area contributed by atoms with E-state index in [-0.39, 0.29) is 5.92 Å². The minimum absolute atomic E-state index is 0.0229. The summed E-state index contributed by atoms with van der Waals surface area (Å²) in [5, 5.41) is 7.54. The zero-order chi connectivity index (χ0) is 34.4. The quantitative estimate of drug-likeness (QED) is 0.156. The lowest BCUT2D eigenvalue weighted by Crippen LogP contribution is -2.06. The van der Waals surface area contributed by atoms with Crippen LogP contribution in [-0.4, -0.2) is 4.57 Å². The molecule has 10 aromatic rings. The summed E-state index contributed by atoms with van der Waals surface area (Å²) in [5.74, 6) is 0.0229. The first-order chi connectivity index (χ1) is 25.8. The van der Waals surface area contributed by atoms with Crippen molar-refractivity contribution in [3.63, 3.8) is 0 Å². The minimum atomic E-state index is 0.0229. The summed E-state index contributed by atoms with van der Waals surface area (Å²) in [5.41, 5.74) is 12.4. The van der Waals surface area contributed by atoms with Crippen molar-refractivity contribution in [3.05, 3.63) is 223 Å². The predicted molar refractivity (Wildman–Crippen MR) is 220 cm³/mol. The van der Waals surface area contributed by atoms with E-state index in [1.807, 2.05) is 0 Å². The van der Waals surface area contributed by atoms with E-state index in [1.54, 1.807) is 0 Å². The fraction of sp³-hybridized carbons (Fsp3) is 0.0196. The van der Waals surface area contributed by atoms with Gasteiger partial charge in [-0.2, -0.15) is 0 Å². The number of rotatable bonds is 6. The molecule has 0 N–H and O–H groups in total. The van der Waals surface area contributed by atoms with E-state index >= 15 is 0 Å². The van der Waals surface area contributed by atoms with E-state index in [0.717, 1.165) is 5.69 Å². The normalized spacial score (nSPS) is 12.2. The highest BCUT2D eigenvalue weighted by Crippen LogP contribution is 2.43. The van der Waals surface area contributed by atoms with Crippen LogP contribution in [0.3, 0.4) is 0 Å². The molecule has 9 aromatic carbocycles. The monoisotopic (exact) mass is 661 g/mol. The van der Waals surface area contributed by atoms with Crippen LogP contribution in [0.1, 0.15) is 22.6 Å². The number of hydrogen-bond donors (Lipinski definition) is 0. The van der Waals surface area contributed by atoms with E-state index in [9.17, 15) is 0 Å². The fourth-order valence-electron chi connectivity index (χ4n) is 8.30. The number of aromatic nitrogens is 1. The first-order valence-corrected chi connectivity index (χ1v) is 18.0. The Kier molecular flexibility index (Phi) is 7.29. The molecule has 1 atom stereocenters. The van der Waals surface area contributed by atoms with Gasteiger partial charge in [0.05, 0.1) is 11.0 Å². The molecule has 0 fully saturated rings. The number of nitrogens with zero attached hydrogens (tertiary/aromatic N) is 1. The van der Waals surface area contributed by atoms with Gasteiger partial charge in [0, 0.05) is 22.4 Å². The molecule has 1 unspecified atom stereocenters. The van der Waals surface area contributed by atoms with Gasteiger partial charge in [0.15, 0.2) is 0 Å². The zero-order valence-corrected chi connectivity index (χ0v) is 28.7. The van der Waals surface area contributed by atoms with E-state index < -0.39 is 0 Å². The van der Waals surface area contributed by atoms with E-state index in [0.29, 0.717) is 0 Å². The highest BCUT2D eigenvalue weighted by molar-refractivity contribution is 6.18. The Balaban J connectivity index is 1.22. The molecule has 52 heavy (non-hydrogen) atoms. The standard InChI is InChI=1S/C51H35N/c1-3-16-36(17-4-1)44-25-11-12-26-46(44)50(42-30-29-35-15-7-8-18-37(35)31-42)41-22-13-21-40(32-41)45-27-14-28-48-51(45)47-33-38-19-9-10-20-39(38)34-49(47)52(48)43-23-5-2-6-24-43/h1-34,50H. The maximum Gasteiger partial charge on any atom is 0.0547 e. The van der Waals surface area contributed by atoms with Crippen LogP contribution in [-0.2, 0) is 0 Å². The molecule has 1 heterocycles. The zero-order valence-electron chi connectivity index (χ0n) is 28.7. The molecule has 1 aromatic heterocycles. The SMILES string of the molecule is c1ccc(-c2ccccc2C(c2cccc(-c3cccc4c3c3cc5ccccc5cc3n4-c3ccccc3)c2)c2ccc3ccccc3c2)cc1. The molecule has 0 saturated heterocycles. The molecule has 0 spiro atoms. The Labute approximate surface area is 303 Å². The summed E-state index contributed by atoms with van der Waals surface area (Å²) in [6.45, 7) is 0. The molecule has 0 radical (unpaired) electrons. The van der Waals surface area contributed by atoms with Crippen LogP contribution in [0.5, 0.6) is 0 Å². The molecule has 10 rings (SSSR count). The second-order valence-electron chi connectivity index (χ2n) is 13.7. The molecule has 244 valence electrons. The van der Waals surface area contributed by atoms with Crippen molar-refractivity contribution in [2.24, 2.45) is 0 Å². The number of hydrogen-bond acceptors (Lipinski definition) is 0. The summed E-state index contributed by atoms with van der Waals surface area (Å²) in [7, 11) is 0. The van der Waals surface area contributed by atoms with Crippen molar-refractivity contribution in [1.82, 2.24) is 4.57 Å². The van der Waals surface area contributed by atoms with Crippen LogP contribution in [0.15, 0.2) is 206 Å². The Morgan fingerprint density at radius 3 is 1.75 bits per heavy atom. The molecule has 0 saturated carbocycles. The van der Waals surface area contributed by atoms with Gasteiger partial charge < -0.3 is 4.57 Å². The Morgan fingerprint density at radius 2 is 0.942 bits per heavy atom. The molecule has 1 heteroatoms. The fourth-order valence-corrected chi connectivity index (χ4v) is 8.30. The van der Waals surface area contributed by atoms with Gasteiger partial charge in [0.1, 0.15) is 0 Å². The van der Waals surface area contributed by atoms with Crippen LogP contribution in [0, 0.1) is 0 Å². The summed E-state index contributed by atoms with van der Waals surface area (Å²) in [4.78, 5) is 0. The Morgan fingerprint density at radius 1 is 0.346 bits per heavy atom. The number of para-hydroxylation sites is 1. The minimum Gasteiger partial charge on any atom is -0.309 e. The topological polar surface area (TPSA) is 4.93 Å². The molecule has 1 nitrogen and oxygen atoms in total. The molecule has 0 bridgehead atoms. The van der Waals surface area contributed by atoms with Gasteiger partial charge in [0.2, 0.25) is 0 Å². The molecular weight excluding hydrogens is 627 g/mol. The van der Waals surface area contributed by atoms with Crippen LogP contribution in [0.4, 0.5) is 0 Å². The van der Waals surface area contributed by atoms with Crippen LogP contribution in [0.25, 0.3) is 71.3 Å². The Bertz CT molecular complexity index is 2900. The van der Waals surface area contributed by atoms with Crippen molar-refractivity contribution in [2.45, 2.75) is 5.92 Å². The third-order valence-corrected chi connectivity index (χ3v) is 10.7. The van der Waals surface area contributed by atoms with Crippen LogP contribution < -0.4 is 0 Å². The van der Waals surface area contributed by atoms with Gasteiger partial charge in [-0.1, -0.05) is 176 Å². The van der Waals surface area contributed by atoms with E-state index in [1.165, 1.54) is 82.3 Å². The first kappa shape index (κ1) is 30.2. The molecular formula is C51H35N.